The number of hydrogen-bond acceptors (Lipinski definition) is 7. The molecular weight excluding hydrogens is 422 g/mol. The van der Waals surface area contributed by atoms with Gasteiger partial charge >= 0.3 is 0 Å². The molecule has 2 heterocycles. The third kappa shape index (κ3) is 3.97. The van der Waals surface area contributed by atoms with Crippen molar-refractivity contribution < 1.29 is 19.0 Å². The van der Waals surface area contributed by atoms with Crippen molar-refractivity contribution in [2.45, 2.75) is 26.8 Å². The van der Waals surface area contributed by atoms with Crippen LogP contribution in [-0.4, -0.2) is 42.0 Å². The van der Waals surface area contributed by atoms with Crippen LogP contribution in [0.15, 0.2) is 47.9 Å². The maximum Gasteiger partial charge on any atom is 0.255 e. The van der Waals surface area contributed by atoms with Crippen LogP contribution >= 0.6 is 0 Å². The number of nitrogens with one attached hydrogen (secondary N) is 2. The number of allylic oxidation sites excluding steroid dienone is 1. The molecule has 9 heteroatoms. The summed E-state index contributed by atoms with van der Waals surface area (Å²) in [6.07, 6.45) is 1.45. The van der Waals surface area contributed by atoms with E-state index in [2.05, 4.69) is 20.7 Å². The number of aromatic nitrogens is 3. The van der Waals surface area contributed by atoms with E-state index in [1.165, 1.54) is 6.33 Å². The van der Waals surface area contributed by atoms with Crippen LogP contribution in [0.5, 0.6) is 17.2 Å². The van der Waals surface area contributed by atoms with Gasteiger partial charge in [0.05, 0.1) is 26.9 Å². The van der Waals surface area contributed by atoms with Crippen LogP contribution in [0.3, 0.4) is 0 Å². The molecule has 1 aliphatic heterocycles. The van der Waals surface area contributed by atoms with Gasteiger partial charge in [-0.2, -0.15) is 10.1 Å². The van der Waals surface area contributed by atoms with Crippen LogP contribution in [0, 0.1) is 13.8 Å². The third-order valence-electron chi connectivity index (χ3n) is 5.67. The normalized spacial score (nSPS) is 14.9. The van der Waals surface area contributed by atoms with E-state index in [1.54, 1.807) is 26.0 Å². The quantitative estimate of drug-likeness (QED) is 0.590. The fourth-order valence-corrected chi connectivity index (χ4v) is 4.10. The fraction of sp³-hybridized carbons (Fsp3) is 0.292. The number of aryl methyl sites for hydroxylation is 2. The molecule has 0 aliphatic carbocycles. The molecule has 1 aliphatic rings. The maximum atomic E-state index is 13.6. The number of ether oxygens (including phenoxy) is 3. The SMILES string of the molecule is COc1cc([C@@H]2C(C(=O)Nc3ccc(C)cc3C)=C(C)Nc3ncnn32)cc(OC)c1OC. The van der Waals surface area contributed by atoms with Crippen molar-refractivity contribution in [3.8, 4) is 17.2 Å². The number of methoxy groups -OCH3 is 3. The summed E-state index contributed by atoms with van der Waals surface area (Å²) >= 11 is 0. The van der Waals surface area contributed by atoms with E-state index in [9.17, 15) is 4.79 Å². The van der Waals surface area contributed by atoms with Gasteiger partial charge in [-0.3, -0.25) is 4.79 Å². The number of anilines is 2. The Bertz CT molecular complexity index is 1220. The molecule has 33 heavy (non-hydrogen) atoms. The molecule has 0 unspecified atom stereocenters. The fourth-order valence-electron chi connectivity index (χ4n) is 4.10. The highest BCUT2D eigenvalue weighted by atomic mass is 16.5. The maximum absolute atomic E-state index is 13.6. The highest BCUT2D eigenvalue weighted by Crippen LogP contribution is 2.43. The van der Waals surface area contributed by atoms with Crippen LogP contribution < -0.4 is 24.8 Å². The lowest BCUT2D eigenvalue weighted by Crippen LogP contribution is -2.31. The Morgan fingerprint density at radius 1 is 1.03 bits per heavy atom. The van der Waals surface area contributed by atoms with Crippen molar-refractivity contribution in [3.05, 3.63) is 64.6 Å². The van der Waals surface area contributed by atoms with Crippen LogP contribution in [0.1, 0.15) is 29.7 Å². The zero-order valence-corrected chi connectivity index (χ0v) is 19.5. The number of benzene rings is 2. The van der Waals surface area contributed by atoms with Crippen LogP contribution in [0.2, 0.25) is 0 Å². The number of hydrogen-bond donors (Lipinski definition) is 2. The predicted molar refractivity (Wildman–Crippen MR) is 125 cm³/mol. The third-order valence-corrected chi connectivity index (χ3v) is 5.67. The van der Waals surface area contributed by atoms with Gasteiger partial charge in [-0.05, 0) is 50.1 Å². The van der Waals surface area contributed by atoms with E-state index in [-0.39, 0.29) is 5.91 Å². The summed E-state index contributed by atoms with van der Waals surface area (Å²) in [5.41, 5.74) is 4.78. The first-order chi connectivity index (χ1) is 15.9. The predicted octanol–water partition coefficient (Wildman–Crippen LogP) is 3.85. The minimum atomic E-state index is -0.566. The Balaban J connectivity index is 1.83. The van der Waals surface area contributed by atoms with Crippen molar-refractivity contribution in [1.82, 2.24) is 14.8 Å². The van der Waals surface area contributed by atoms with Crippen molar-refractivity contribution in [1.29, 1.82) is 0 Å². The Morgan fingerprint density at radius 2 is 1.73 bits per heavy atom. The molecule has 0 saturated heterocycles. The Kier molecular flexibility index (Phi) is 5.95. The van der Waals surface area contributed by atoms with E-state index in [4.69, 9.17) is 14.2 Å². The number of nitrogens with zero attached hydrogens (tertiary/aromatic N) is 3. The second kappa shape index (κ2) is 8.85. The van der Waals surface area contributed by atoms with Crippen molar-refractivity contribution >= 4 is 17.5 Å². The van der Waals surface area contributed by atoms with Crippen molar-refractivity contribution in [3.63, 3.8) is 0 Å². The molecule has 9 nitrogen and oxygen atoms in total. The molecule has 2 N–H and O–H groups in total. The standard InChI is InChI=1S/C24H27N5O4/c1-13-7-8-17(14(2)9-13)28-23(30)20-15(3)27-24-25-12-26-29(24)21(20)16-10-18(31-4)22(33-6)19(11-16)32-5/h7-12,21H,1-6H3,(H,28,30)(H,25,26,27)/t21-/m1/s1. The van der Waals surface area contributed by atoms with Crippen molar-refractivity contribution in [2.75, 3.05) is 32.0 Å². The highest BCUT2D eigenvalue weighted by molar-refractivity contribution is 6.06. The van der Waals surface area contributed by atoms with Gasteiger partial charge < -0.3 is 24.8 Å². The second-order valence-corrected chi connectivity index (χ2v) is 7.83. The summed E-state index contributed by atoms with van der Waals surface area (Å²) in [5.74, 6) is 1.73. The molecule has 0 fully saturated rings. The first kappa shape index (κ1) is 22.2. The highest BCUT2D eigenvalue weighted by Gasteiger charge is 2.35. The number of fused-ring (bicyclic) bond motifs is 1. The minimum absolute atomic E-state index is 0.244. The van der Waals surface area contributed by atoms with Gasteiger partial charge in [0.25, 0.3) is 5.91 Å². The number of amides is 1. The Labute approximate surface area is 192 Å². The largest absolute Gasteiger partial charge is 0.493 e. The number of carbonyl (C=O) groups excluding carboxylic acids is 1. The molecule has 0 radical (unpaired) electrons. The second-order valence-electron chi connectivity index (χ2n) is 7.83. The van der Waals surface area contributed by atoms with Gasteiger partial charge in [-0.25, -0.2) is 4.68 Å². The summed E-state index contributed by atoms with van der Waals surface area (Å²) in [7, 11) is 4.66. The summed E-state index contributed by atoms with van der Waals surface area (Å²) in [5, 5.41) is 10.6. The minimum Gasteiger partial charge on any atom is -0.493 e. The lowest BCUT2D eigenvalue weighted by molar-refractivity contribution is -0.113. The number of rotatable bonds is 6. The van der Waals surface area contributed by atoms with Gasteiger partial charge in [0.1, 0.15) is 12.4 Å². The van der Waals surface area contributed by atoms with Crippen LogP contribution in [0.25, 0.3) is 0 Å². The smallest absolute Gasteiger partial charge is 0.255 e. The molecule has 4 rings (SSSR count). The van der Waals surface area contributed by atoms with E-state index >= 15 is 0 Å². The zero-order chi connectivity index (χ0) is 23.7. The van der Waals surface area contributed by atoms with E-state index < -0.39 is 6.04 Å². The van der Waals surface area contributed by atoms with Gasteiger partial charge in [0.15, 0.2) is 11.5 Å². The molecule has 1 atom stereocenters. The Morgan fingerprint density at radius 3 is 2.33 bits per heavy atom. The molecule has 0 bridgehead atoms. The molecule has 0 spiro atoms. The Hall–Kier alpha value is -4.01. The topological polar surface area (TPSA) is 99.5 Å². The average Bonchev–Trinajstić information content (AvgIpc) is 3.26. The molecule has 1 amide bonds. The first-order valence-corrected chi connectivity index (χ1v) is 10.4. The summed E-state index contributed by atoms with van der Waals surface area (Å²) in [6, 6.07) is 8.98. The van der Waals surface area contributed by atoms with Crippen LogP contribution in [0.4, 0.5) is 11.6 Å². The van der Waals surface area contributed by atoms with E-state index in [0.717, 1.165) is 22.4 Å². The van der Waals surface area contributed by atoms with Crippen molar-refractivity contribution in [2.24, 2.45) is 0 Å². The molecule has 3 aromatic rings. The molecule has 172 valence electrons. The zero-order valence-electron chi connectivity index (χ0n) is 19.5. The lowest BCUT2D eigenvalue weighted by Gasteiger charge is -2.29. The molecule has 0 saturated carbocycles. The number of carbonyl (C=O) groups is 1. The lowest BCUT2D eigenvalue weighted by atomic mass is 9.94. The molecular formula is C24H27N5O4. The van der Waals surface area contributed by atoms with E-state index in [0.29, 0.717) is 34.5 Å². The monoisotopic (exact) mass is 449 g/mol. The average molecular weight is 450 g/mol. The summed E-state index contributed by atoms with van der Waals surface area (Å²) in [6.45, 7) is 5.83. The molecule has 1 aromatic heterocycles. The summed E-state index contributed by atoms with van der Waals surface area (Å²) < 4.78 is 18.2. The van der Waals surface area contributed by atoms with Gasteiger partial charge in [-0.15, -0.1) is 0 Å². The van der Waals surface area contributed by atoms with Gasteiger partial charge in [0, 0.05) is 11.4 Å². The summed E-state index contributed by atoms with van der Waals surface area (Å²) in [4.78, 5) is 17.9. The van der Waals surface area contributed by atoms with E-state index in [1.807, 2.05) is 51.1 Å². The first-order valence-electron chi connectivity index (χ1n) is 10.4. The molecule has 2 aromatic carbocycles. The van der Waals surface area contributed by atoms with Gasteiger partial charge in [-0.1, -0.05) is 17.7 Å². The van der Waals surface area contributed by atoms with Gasteiger partial charge in [0.2, 0.25) is 11.7 Å². The van der Waals surface area contributed by atoms with Crippen LogP contribution in [-0.2, 0) is 4.79 Å².